The van der Waals surface area contributed by atoms with E-state index in [1.165, 1.54) is 6.42 Å². The molecular weight excluding hydrogens is 390 g/mol. The first-order valence-electron chi connectivity index (χ1n) is 10.6. The number of guanidine groups is 2. The molecule has 1 fully saturated rings. The van der Waals surface area contributed by atoms with Crippen LogP contribution in [0, 0.1) is 6.92 Å². The SMILES string of the molecule is Cc1nn(C)cc1-c1ccn(-c2ccc(N3C(N)=NC(N)=NC34CCCCC4)cc2)n1. The van der Waals surface area contributed by atoms with E-state index >= 15 is 0 Å². The Labute approximate surface area is 181 Å². The van der Waals surface area contributed by atoms with Gasteiger partial charge in [-0.1, -0.05) is 6.42 Å². The molecule has 4 N–H and O–H groups in total. The van der Waals surface area contributed by atoms with E-state index in [4.69, 9.17) is 21.6 Å². The van der Waals surface area contributed by atoms with Gasteiger partial charge in [0, 0.05) is 30.7 Å². The summed E-state index contributed by atoms with van der Waals surface area (Å²) in [5.74, 6) is 0.664. The van der Waals surface area contributed by atoms with Crippen LogP contribution in [0.25, 0.3) is 16.9 Å². The zero-order chi connectivity index (χ0) is 21.6. The van der Waals surface area contributed by atoms with E-state index in [-0.39, 0.29) is 5.96 Å². The number of benzene rings is 1. The fourth-order valence-electron chi connectivity index (χ4n) is 4.71. The maximum atomic E-state index is 6.33. The number of hydrogen-bond acceptors (Lipinski definition) is 7. The van der Waals surface area contributed by atoms with Crippen LogP contribution < -0.4 is 16.4 Å². The molecule has 1 spiro atoms. The Bertz CT molecular complexity index is 1160. The van der Waals surface area contributed by atoms with Crippen molar-refractivity contribution >= 4 is 17.6 Å². The summed E-state index contributed by atoms with van der Waals surface area (Å²) < 4.78 is 3.67. The summed E-state index contributed by atoms with van der Waals surface area (Å²) in [5.41, 5.74) is 16.7. The highest BCUT2D eigenvalue weighted by Gasteiger charge is 2.42. The maximum absolute atomic E-state index is 6.33. The predicted molar refractivity (Wildman–Crippen MR) is 122 cm³/mol. The molecule has 0 unspecified atom stereocenters. The van der Waals surface area contributed by atoms with E-state index in [9.17, 15) is 0 Å². The first-order valence-corrected chi connectivity index (χ1v) is 10.6. The van der Waals surface area contributed by atoms with Gasteiger partial charge in [0.1, 0.15) is 5.66 Å². The number of nitrogens with two attached hydrogens (primary N) is 2. The molecule has 1 aromatic carbocycles. The number of hydrogen-bond donors (Lipinski definition) is 2. The molecule has 1 saturated carbocycles. The summed E-state index contributed by atoms with van der Waals surface area (Å²) >= 11 is 0. The minimum absolute atomic E-state index is 0.266. The molecule has 0 radical (unpaired) electrons. The van der Waals surface area contributed by atoms with Crippen molar-refractivity contribution in [3.63, 3.8) is 0 Å². The van der Waals surface area contributed by atoms with Gasteiger partial charge in [-0.2, -0.15) is 15.2 Å². The second-order valence-electron chi connectivity index (χ2n) is 8.28. The largest absolute Gasteiger partial charge is 0.369 e. The monoisotopic (exact) mass is 417 g/mol. The van der Waals surface area contributed by atoms with E-state index in [1.54, 1.807) is 4.68 Å². The highest BCUT2D eigenvalue weighted by Crippen LogP contribution is 2.39. The summed E-state index contributed by atoms with van der Waals surface area (Å²) in [7, 11) is 1.92. The Kier molecular flexibility index (Phi) is 4.53. The second kappa shape index (κ2) is 7.26. The molecule has 3 aromatic rings. The van der Waals surface area contributed by atoms with E-state index in [0.29, 0.717) is 5.96 Å². The number of aliphatic imine (C=N–C) groups is 2. The molecule has 1 aliphatic carbocycles. The predicted octanol–water partition coefficient (Wildman–Crippen LogP) is 2.69. The average Bonchev–Trinajstić information content (AvgIpc) is 3.34. The average molecular weight is 418 g/mol. The fraction of sp³-hybridized carbons (Fsp3) is 0.364. The van der Waals surface area contributed by atoms with Gasteiger partial charge in [0.2, 0.25) is 11.9 Å². The van der Waals surface area contributed by atoms with Gasteiger partial charge in [0.25, 0.3) is 0 Å². The van der Waals surface area contributed by atoms with E-state index in [0.717, 1.165) is 54.0 Å². The Morgan fingerprint density at radius 1 is 0.935 bits per heavy atom. The fourth-order valence-corrected chi connectivity index (χ4v) is 4.71. The Balaban J connectivity index is 1.45. The smallest absolute Gasteiger partial charge is 0.220 e. The molecule has 0 amide bonds. The van der Waals surface area contributed by atoms with Crippen LogP contribution in [0.1, 0.15) is 37.8 Å². The number of aromatic nitrogens is 4. The van der Waals surface area contributed by atoms with Crippen molar-refractivity contribution in [3.05, 3.63) is 48.4 Å². The summed E-state index contributed by atoms with van der Waals surface area (Å²) in [6.45, 7) is 1.99. The lowest BCUT2D eigenvalue weighted by molar-refractivity contribution is 0.305. The molecule has 2 aromatic heterocycles. The van der Waals surface area contributed by atoms with Crippen molar-refractivity contribution in [2.75, 3.05) is 4.90 Å². The third kappa shape index (κ3) is 3.35. The van der Waals surface area contributed by atoms with Crippen molar-refractivity contribution < 1.29 is 0 Å². The minimum Gasteiger partial charge on any atom is -0.369 e. The molecule has 160 valence electrons. The molecular formula is C22H27N9. The highest BCUT2D eigenvalue weighted by molar-refractivity contribution is 6.05. The summed E-state index contributed by atoms with van der Waals surface area (Å²) in [4.78, 5) is 11.0. The molecule has 5 rings (SSSR count). The van der Waals surface area contributed by atoms with Crippen molar-refractivity contribution in [2.45, 2.75) is 44.7 Å². The number of rotatable bonds is 3. The molecule has 0 atom stereocenters. The summed E-state index contributed by atoms with van der Waals surface area (Å²) in [6, 6.07) is 10.2. The van der Waals surface area contributed by atoms with Gasteiger partial charge < -0.3 is 11.5 Å². The lowest BCUT2D eigenvalue weighted by atomic mass is 9.87. The van der Waals surface area contributed by atoms with Gasteiger partial charge in [-0.05, 0) is 62.9 Å². The molecule has 3 heterocycles. The lowest BCUT2D eigenvalue weighted by Gasteiger charge is -2.45. The summed E-state index contributed by atoms with van der Waals surface area (Å²) in [5, 5.41) is 9.14. The standard InChI is InChI=1S/C22H27N9/c1-15-18(14-29(2)27-15)19-10-13-30(28-19)16-6-8-17(9-7-16)31-21(24)25-20(23)26-22(31)11-4-3-5-12-22/h6-10,13-14H,3-5,11-12H2,1-2H3,(H4,23,24,25,26). The first kappa shape index (κ1) is 19.3. The normalized spacial score (nSPS) is 18.2. The molecule has 0 bridgehead atoms. The number of nitrogens with zero attached hydrogens (tertiary/aromatic N) is 7. The van der Waals surface area contributed by atoms with E-state index in [1.807, 2.05) is 66.3 Å². The maximum Gasteiger partial charge on any atom is 0.220 e. The number of aryl methyl sites for hydroxylation is 2. The van der Waals surface area contributed by atoms with Crippen LogP contribution in [0.4, 0.5) is 5.69 Å². The molecule has 31 heavy (non-hydrogen) atoms. The molecule has 9 nitrogen and oxygen atoms in total. The first-order chi connectivity index (χ1) is 14.9. The van der Waals surface area contributed by atoms with Gasteiger partial charge in [-0.3, -0.25) is 9.58 Å². The third-order valence-corrected chi connectivity index (χ3v) is 6.10. The zero-order valence-corrected chi connectivity index (χ0v) is 17.9. The van der Waals surface area contributed by atoms with Crippen LogP contribution in [0.15, 0.2) is 52.7 Å². The molecule has 0 saturated heterocycles. The van der Waals surface area contributed by atoms with Crippen LogP contribution in [-0.2, 0) is 7.05 Å². The highest BCUT2D eigenvalue weighted by atomic mass is 15.4. The zero-order valence-electron chi connectivity index (χ0n) is 17.9. The number of anilines is 1. The van der Waals surface area contributed by atoms with Gasteiger partial charge in [0.15, 0.2) is 0 Å². The Hall–Kier alpha value is -3.62. The second-order valence-corrected chi connectivity index (χ2v) is 8.28. The van der Waals surface area contributed by atoms with Crippen LogP contribution in [0.3, 0.4) is 0 Å². The molecule has 9 heteroatoms. The minimum atomic E-state index is -0.438. The van der Waals surface area contributed by atoms with Gasteiger partial charge >= 0.3 is 0 Å². The topological polar surface area (TPSA) is 116 Å². The van der Waals surface area contributed by atoms with Crippen molar-refractivity contribution in [2.24, 2.45) is 28.5 Å². The third-order valence-electron chi connectivity index (χ3n) is 6.10. The van der Waals surface area contributed by atoms with Gasteiger partial charge in [-0.15, -0.1) is 0 Å². The van der Waals surface area contributed by atoms with Crippen molar-refractivity contribution in [1.29, 1.82) is 0 Å². The van der Waals surface area contributed by atoms with Crippen molar-refractivity contribution in [3.8, 4) is 16.9 Å². The van der Waals surface area contributed by atoms with Crippen molar-refractivity contribution in [1.82, 2.24) is 19.6 Å². The van der Waals surface area contributed by atoms with Crippen LogP contribution in [0.2, 0.25) is 0 Å². The van der Waals surface area contributed by atoms with Crippen LogP contribution >= 0.6 is 0 Å². The lowest BCUT2D eigenvalue weighted by Crippen LogP contribution is -2.58. The Morgan fingerprint density at radius 3 is 2.32 bits per heavy atom. The van der Waals surface area contributed by atoms with Gasteiger partial charge in [-0.25, -0.2) is 9.67 Å². The quantitative estimate of drug-likeness (QED) is 0.680. The van der Waals surface area contributed by atoms with Crippen LogP contribution in [0.5, 0.6) is 0 Å². The summed E-state index contributed by atoms with van der Waals surface area (Å²) in [6.07, 6.45) is 9.18. The molecule has 2 aliphatic rings. The molecule has 1 aliphatic heterocycles. The van der Waals surface area contributed by atoms with Crippen LogP contribution in [-0.4, -0.2) is 37.1 Å². The van der Waals surface area contributed by atoms with E-state index in [2.05, 4.69) is 10.1 Å². The Morgan fingerprint density at radius 2 is 1.65 bits per heavy atom. The van der Waals surface area contributed by atoms with Gasteiger partial charge in [0.05, 0.1) is 17.1 Å². The van der Waals surface area contributed by atoms with E-state index < -0.39 is 5.66 Å².